The Bertz CT molecular complexity index is 1300. The molecule has 0 spiro atoms. The van der Waals surface area contributed by atoms with E-state index in [4.69, 9.17) is 37.9 Å². The Morgan fingerprint density at radius 2 is 1.76 bits per heavy atom. The molecule has 5 rings (SSSR count). The Labute approximate surface area is 238 Å². The molecule has 1 saturated heterocycles. The second-order valence-electron chi connectivity index (χ2n) is 9.69. The maximum absolute atomic E-state index is 13.1. The van der Waals surface area contributed by atoms with Crippen LogP contribution in [0, 0.1) is 0 Å². The van der Waals surface area contributed by atoms with Gasteiger partial charge in [0.05, 0.1) is 41.2 Å². The number of ether oxygens (including phenoxy) is 8. The quantitative estimate of drug-likeness (QED) is 0.301. The van der Waals surface area contributed by atoms with Crippen molar-refractivity contribution in [2.45, 2.75) is 18.6 Å². The van der Waals surface area contributed by atoms with Crippen molar-refractivity contribution >= 4 is 5.97 Å². The normalized spacial score (nSPS) is 20.7. The van der Waals surface area contributed by atoms with Crippen molar-refractivity contribution in [2.75, 3.05) is 67.6 Å². The lowest BCUT2D eigenvalue weighted by Crippen LogP contribution is -2.37. The standard InChI is InChI=1S/C30H35NO10/c1-34-22-7-5-21(6-8-22)30(33)23(27(29(32)41-30)26-18-38-19-40-26)15-20-16-24(35-2)28(36-3)25(17-20)39-12-4-9-31-10-13-37-14-11-31/h5-8,16-18,33H,4,9-15,19H2,1-3H3. The molecule has 3 aliphatic rings. The lowest BCUT2D eigenvalue weighted by molar-refractivity contribution is -0.186. The number of cyclic esters (lactones) is 1. The van der Waals surface area contributed by atoms with Crippen LogP contribution >= 0.6 is 0 Å². The molecule has 1 fully saturated rings. The lowest BCUT2D eigenvalue weighted by atomic mass is 9.89. The Morgan fingerprint density at radius 1 is 1.00 bits per heavy atom. The SMILES string of the molecule is COc1ccc(C2(O)OC(=O)C(C3=COCO3)=C2Cc2cc(OC)c(OC)c(OCCCN3CCOCC3)c2)cc1. The van der Waals surface area contributed by atoms with E-state index in [9.17, 15) is 9.90 Å². The number of nitrogens with zero attached hydrogens (tertiary/aromatic N) is 1. The Balaban J connectivity index is 1.46. The first kappa shape index (κ1) is 28.6. The minimum Gasteiger partial charge on any atom is -0.497 e. The third-order valence-electron chi connectivity index (χ3n) is 7.22. The predicted octanol–water partition coefficient (Wildman–Crippen LogP) is 2.90. The fourth-order valence-corrected chi connectivity index (χ4v) is 5.11. The highest BCUT2D eigenvalue weighted by Crippen LogP contribution is 2.46. The minimum atomic E-state index is -2.06. The average molecular weight is 570 g/mol. The Morgan fingerprint density at radius 3 is 2.41 bits per heavy atom. The van der Waals surface area contributed by atoms with Crippen LogP contribution in [0.3, 0.4) is 0 Å². The summed E-state index contributed by atoms with van der Waals surface area (Å²) in [5, 5.41) is 11.9. The molecular weight excluding hydrogens is 534 g/mol. The summed E-state index contributed by atoms with van der Waals surface area (Å²) < 4.78 is 44.4. The maximum atomic E-state index is 13.1. The molecule has 1 atom stereocenters. The minimum absolute atomic E-state index is 0.0425. The maximum Gasteiger partial charge on any atom is 0.345 e. The number of aliphatic hydroxyl groups is 1. The van der Waals surface area contributed by atoms with E-state index in [2.05, 4.69) is 4.90 Å². The van der Waals surface area contributed by atoms with Gasteiger partial charge in [0.15, 0.2) is 17.3 Å². The molecule has 0 aromatic heterocycles. The molecule has 2 aromatic carbocycles. The molecule has 1 unspecified atom stereocenters. The van der Waals surface area contributed by atoms with Gasteiger partial charge in [0, 0.05) is 37.2 Å². The summed E-state index contributed by atoms with van der Waals surface area (Å²) in [5.41, 5.74) is 1.44. The first-order chi connectivity index (χ1) is 20.0. The van der Waals surface area contributed by atoms with Crippen LogP contribution in [-0.2, 0) is 35.9 Å². The van der Waals surface area contributed by atoms with Gasteiger partial charge in [-0.2, -0.15) is 0 Å². The van der Waals surface area contributed by atoms with Crippen LogP contribution in [0.4, 0.5) is 0 Å². The van der Waals surface area contributed by atoms with Crippen LogP contribution in [0.25, 0.3) is 0 Å². The molecule has 11 nitrogen and oxygen atoms in total. The van der Waals surface area contributed by atoms with Gasteiger partial charge in [0.25, 0.3) is 5.79 Å². The smallest absolute Gasteiger partial charge is 0.345 e. The molecule has 3 aliphatic heterocycles. The number of methoxy groups -OCH3 is 3. The Kier molecular flexibility index (Phi) is 8.87. The molecule has 0 radical (unpaired) electrons. The van der Waals surface area contributed by atoms with Crippen molar-refractivity contribution < 1.29 is 47.8 Å². The van der Waals surface area contributed by atoms with E-state index in [0.29, 0.717) is 40.7 Å². The monoisotopic (exact) mass is 569 g/mol. The van der Waals surface area contributed by atoms with Crippen LogP contribution in [-0.4, -0.2) is 83.6 Å². The number of esters is 1. The van der Waals surface area contributed by atoms with Crippen LogP contribution < -0.4 is 18.9 Å². The summed E-state index contributed by atoms with van der Waals surface area (Å²) >= 11 is 0. The highest BCUT2D eigenvalue weighted by molar-refractivity contribution is 5.97. The summed E-state index contributed by atoms with van der Waals surface area (Å²) in [6.45, 7) is 4.62. The van der Waals surface area contributed by atoms with E-state index < -0.39 is 11.8 Å². The van der Waals surface area contributed by atoms with E-state index >= 15 is 0 Å². The van der Waals surface area contributed by atoms with Gasteiger partial charge >= 0.3 is 5.97 Å². The molecule has 220 valence electrons. The van der Waals surface area contributed by atoms with Crippen molar-refractivity contribution in [3.8, 4) is 23.0 Å². The molecular formula is C30H35NO10. The summed E-state index contributed by atoms with van der Waals surface area (Å²) in [5.74, 6) is -0.603. The predicted molar refractivity (Wildman–Crippen MR) is 146 cm³/mol. The van der Waals surface area contributed by atoms with Crippen molar-refractivity contribution in [3.63, 3.8) is 0 Å². The number of rotatable bonds is 12. The van der Waals surface area contributed by atoms with E-state index in [1.807, 2.05) is 6.07 Å². The van der Waals surface area contributed by atoms with E-state index in [1.54, 1.807) is 51.7 Å². The third kappa shape index (κ3) is 6.07. The molecule has 0 amide bonds. The fourth-order valence-electron chi connectivity index (χ4n) is 5.11. The molecule has 11 heteroatoms. The number of benzene rings is 2. The van der Waals surface area contributed by atoms with Gasteiger partial charge < -0.3 is 43.0 Å². The van der Waals surface area contributed by atoms with Gasteiger partial charge in [-0.15, -0.1) is 0 Å². The number of morpholine rings is 1. The van der Waals surface area contributed by atoms with Crippen LogP contribution in [0.2, 0.25) is 0 Å². The van der Waals surface area contributed by atoms with Crippen LogP contribution in [0.1, 0.15) is 17.5 Å². The molecule has 3 heterocycles. The molecule has 2 aromatic rings. The number of hydrogen-bond acceptors (Lipinski definition) is 11. The number of carbonyl (C=O) groups excluding carboxylic acids is 1. The molecule has 41 heavy (non-hydrogen) atoms. The molecule has 0 saturated carbocycles. The zero-order valence-corrected chi connectivity index (χ0v) is 23.5. The van der Waals surface area contributed by atoms with Crippen LogP contribution in [0.15, 0.2) is 59.6 Å². The first-order valence-electron chi connectivity index (χ1n) is 13.4. The molecule has 1 N–H and O–H groups in total. The van der Waals surface area contributed by atoms with Crippen molar-refractivity contribution in [1.29, 1.82) is 0 Å². The van der Waals surface area contributed by atoms with Gasteiger partial charge in [-0.3, -0.25) is 4.90 Å². The topological polar surface area (TPSA) is 114 Å². The highest BCUT2D eigenvalue weighted by atomic mass is 16.7. The second kappa shape index (κ2) is 12.7. The van der Waals surface area contributed by atoms with Crippen molar-refractivity contribution in [2.24, 2.45) is 0 Å². The van der Waals surface area contributed by atoms with E-state index in [1.165, 1.54) is 6.26 Å². The van der Waals surface area contributed by atoms with Crippen LogP contribution in [0.5, 0.6) is 23.0 Å². The molecule has 0 aliphatic carbocycles. The van der Waals surface area contributed by atoms with Gasteiger partial charge in [-0.05, 0) is 48.4 Å². The third-order valence-corrected chi connectivity index (χ3v) is 7.22. The molecule has 0 bridgehead atoms. The van der Waals surface area contributed by atoms with Gasteiger partial charge in [0.2, 0.25) is 12.5 Å². The first-order valence-corrected chi connectivity index (χ1v) is 13.4. The van der Waals surface area contributed by atoms with E-state index in [0.717, 1.165) is 39.3 Å². The zero-order chi connectivity index (χ0) is 28.8. The summed E-state index contributed by atoms with van der Waals surface area (Å²) in [6, 6.07) is 10.3. The van der Waals surface area contributed by atoms with E-state index in [-0.39, 0.29) is 30.1 Å². The van der Waals surface area contributed by atoms with Crippen molar-refractivity contribution in [1.82, 2.24) is 4.90 Å². The number of carbonyl (C=O) groups is 1. The largest absolute Gasteiger partial charge is 0.497 e. The van der Waals surface area contributed by atoms with Gasteiger partial charge in [-0.25, -0.2) is 4.79 Å². The summed E-state index contributed by atoms with van der Waals surface area (Å²) in [7, 11) is 4.64. The summed E-state index contributed by atoms with van der Waals surface area (Å²) in [6.07, 6.45) is 2.26. The van der Waals surface area contributed by atoms with Gasteiger partial charge in [0.1, 0.15) is 17.6 Å². The average Bonchev–Trinajstić information content (AvgIpc) is 3.61. The fraction of sp³-hybridized carbons (Fsp3) is 0.433. The Hall–Kier alpha value is -3.93. The number of hydrogen-bond donors (Lipinski definition) is 1. The van der Waals surface area contributed by atoms with Crippen molar-refractivity contribution in [3.05, 3.63) is 70.7 Å². The van der Waals surface area contributed by atoms with Gasteiger partial charge in [-0.1, -0.05) is 0 Å². The summed E-state index contributed by atoms with van der Waals surface area (Å²) in [4.78, 5) is 15.5. The zero-order valence-electron chi connectivity index (χ0n) is 23.5. The second-order valence-corrected chi connectivity index (χ2v) is 9.69. The highest BCUT2D eigenvalue weighted by Gasteiger charge is 2.49. The lowest BCUT2D eigenvalue weighted by Gasteiger charge is -2.26.